The Balaban J connectivity index is 1.75. The molecule has 0 fully saturated rings. The van der Waals surface area contributed by atoms with Gasteiger partial charge in [0.2, 0.25) is 5.75 Å². The minimum absolute atomic E-state index is 0.157. The predicted molar refractivity (Wildman–Crippen MR) is 119 cm³/mol. The van der Waals surface area contributed by atoms with Crippen LogP contribution in [0.4, 0.5) is 10.5 Å². The predicted octanol–water partition coefficient (Wildman–Crippen LogP) is 4.46. The van der Waals surface area contributed by atoms with Gasteiger partial charge in [0.1, 0.15) is 0 Å². The third-order valence-corrected chi connectivity index (χ3v) is 5.60. The van der Waals surface area contributed by atoms with Crippen LogP contribution in [-0.2, 0) is 6.54 Å². The molecule has 0 saturated heterocycles. The number of aryl methyl sites for hydroxylation is 1. The SMILES string of the molecule is COc1cc([C@H]2c3cccn3CCN2C(=O)Nc2ccc(C)cc2)cc(OC)c1OC. The van der Waals surface area contributed by atoms with Crippen LogP contribution in [0, 0.1) is 6.92 Å². The van der Waals surface area contributed by atoms with Crippen LogP contribution in [-0.4, -0.2) is 43.4 Å². The molecule has 7 heteroatoms. The van der Waals surface area contributed by atoms with Crippen molar-refractivity contribution >= 4 is 11.7 Å². The summed E-state index contributed by atoms with van der Waals surface area (Å²) in [6.07, 6.45) is 2.04. The highest BCUT2D eigenvalue weighted by Gasteiger charge is 2.33. The van der Waals surface area contributed by atoms with Crippen LogP contribution in [0.2, 0.25) is 0 Å². The summed E-state index contributed by atoms with van der Waals surface area (Å²) in [5, 5.41) is 3.03. The van der Waals surface area contributed by atoms with Gasteiger partial charge in [-0.1, -0.05) is 17.7 Å². The van der Waals surface area contributed by atoms with Gasteiger partial charge in [-0.05, 0) is 48.9 Å². The second-order valence-corrected chi connectivity index (χ2v) is 7.48. The van der Waals surface area contributed by atoms with Crippen molar-refractivity contribution < 1.29 is 19.0 Å². The molecule has 2 heterocycles. The van der Waals surface area contributed by atoms with Crippen molar-refractivity contribution in [2.24, 2.45) is 0 Å². The Labute approximate surface area is 182 Å². The quantitative estimate of drug-likeness (QED) is 0.661. The number of hydrogen-bond donors (Lipinski definition) is 1. The molecule has 0 aliphatic carbocycles. The number of aromatic nitrogens is 1. The number of urea groups is 1. The monoisotopic (exact) mass is 421 g/mol. The van der Waals surface area contributed by atoms with Crippen LogP contribution in [0.3, 0.4) is 0 Å². The van der Waals surface area contributed by atoms with Crippen molar-refractivity contribution in [3.63, 3.8) is 0 Å². The van der Waals surface area contributed by atoms with Crippen molar-refractivity contribution in [1.29, 1.82) is 0 Å². The van der Waals surface area contributed by atoms with Crippen molar-refractivity contribution in [3.8, 4) is 17.2 Å². The van der Waals surface area contributed by atoms with Crippen LogP contribution in [0.5, 0.6) is 17.2 Å². The van der Waals surface area contributed by atoms with Crippen LogP contribution in [0.15, 0.2) is 54.7 Å². The molecule has 3 aromatic rings. The summed E-state index contributed by atoms with van der Waals surface area (Å²) in [5.74, 6) is 1.63. The minimum Gasteiger partial charge on any atom is -0.493 e. The number of nitrogens with one attached hydrogen (secondary N) is 1. The van der Waals surface area contributed by atoms with E-state index in [4.69, 9.17) is 14.2 Å². The molecule has 2 amide bonds. The molecule has 162 valence electrons. The number of amides is 2. The zero-order valence-corrected chi connectivity index (χ0v) is 18.2. The van der Waals surface area contributed by atoms with Gasteiger partial charge in [0.15, 0.2) is 11.5 Å². The largest absolute Gasteiger partial charge is 0.493 e. The molecule has 1 atom stereocenters. The number of carbonyl (C=O) groups is 1. The van der Waals surface area contributed by atoms with Crippen LogP contribution >= 0.6 is 0 Å². The van der Waals surface area contributed by atoms with Gasteiger partial charge in [-0.2, -0.15) is 0 Å². The van der Waals surface area contributed by atoms with Crippen molar-refractivity contribution in [1.82, 2.24) is 9.47 Å². The van der Waals surface area contributed by atoms with E-state index in [0.29, 0.717) is 23.8 Å². The number of fused-ring (bicyclic) bond motifs is 1. The molecule has 0 saturated carbocycles. The maximum absolute atomic E-state index is 13.3. The fourth-order valence-electron chi connectivity index (χ4n) is 4.04. The first-order chi connectivity index (χ1) is 15.0. The number of nitrogens with zero attached hydrogens (tertiary/aromatic N) is 2. The van der Waals surface area contributed by atoms with Crippen molar-refractivity contribution in [2.75, 3.05) is 33.2 Å². The molecule has 0 bridgehead atoms. The van der Waals surface area contributed by atoms with Gasteiger partial charge >= 0.3 is 6.03 Å². The summed E-state index contributed by atoms with van der Waals surface area (Å²) in [5.41, 5.74) is 3.82. The van der Waals surface area contributed by atoms with Crippen LogP contribution < -0.4 is 19.5 Å². The lowest BCUT2D eigenvalue weighted by molar-refractivity contribution is 0.181. The first kappa shape index (κ1) is 20.7. The van der Waals surface area contributed by atoms with E-state index in [1.807, 2.05) is 66.6 Å². The van der Waals surface area contributed by atoms with Gasteiger partial charge in [-0.25, -0.2) is 4.79 Å². The molecule has 0 spiro atoms. The molecule has 1 aliphatic rings. The van der Waals surface area contributed by atoms with E-state index in [-0.39, 0.29) is 12.1 Å². The summed E-state index contributed by atoms with van der Waals surface area (Å²) < 4.78 is 18.7. The van der Waals surface area contributed by atoms with E-state index in [0.717, 1.165) is 29.1 Å². The van der Waals surface area contributed by atoms with Crippen LogP contribution in [0.25, 0.3) is 0 Å². The molecular formula is C24H27N3O4. The van der Waals surface area contributed by atoms with Gasteiger partial charge in [0.05, 0.1) is 27.4 Å². The molecule has 1 aliphatic heterocycles. The Hall–Kier alpha value is -3.61. The lowest BCUT2D eigenvalue weighted by Gasteiger charge is -2.37. The molecule has 0 unspecified atom stereocenters. The Bertz CT molecular complexity index is 1050. The Kier molecular flexibility index (Phi) is 5.75. The smallest absolute Gasteiger partial charge is 0.322 e. The van der Waals surface area contributed by atoms with Gasteiger partial charge < -0.3 is 29.0 Å². The van der Waals surface area contributed by atoms with E-state index >= 15 is 0 Å². The van der Waals surface area contributed by atoms with E-state index in [1.54, 1.807) is 21.3 Å². The van der Waals surface area contributed by atoms with E-state index in [9.17, 15) is 4.79 Å². The summed E-state index contributed by atoms with van der Waals surface area (Å²) in [6, 6.07) is 15.2. The third-order valence-electron chi connectivity index (χ3n) is 5.60. The Morgan fingerprint density at radius 3 is 2.26 bits per heavy atom. The normalized spacial score (nSPS) is 15.2. The van der Waals surface area contributed by atoms with E-state index in [1.165, 1.54) is 0 Å². The number of anilines is 1. The van der Waals surface area contributed by atoms with Crippen molar-refractivity contribution in [2.45, 2.75) is 19.5 Å². The number of benzene rings is 2. The molecule has 7 nitrogen and oxygen atoms in total. The molecular weight excluding hydrogens is 394 g/mol. The molecule has 4 rings (SSSR count). The Morgan fingerprint density at radius 2 is 1.65 bits per heavy atom. The van der Waals surface area contributed by atoms with Crippen LogP contribution in [0.1, 0.15) is 22.9 Å². The molecule has 31 heavy (non-hydrogen) atoms. The second-order valence-electron chi connectivity index (χ2n) is 7.48. The summed E-state index contributed by atoms with van der Waals surface area (Å²) >= 11 is 0. The number of methoxy groups -OCH3 is 3. The standard InChI is InChI=1S/C24H27N3O4/c1-16-7-9-18(10-8-16)25-24(28)27-13-12-26-11-5-6-19(26)22(27)17-14-20(29-2)23(31-4)21(15-17)30-3/h5-11,14-15,22H,12-13H2,1-4H3,(H,25,28)/t22-/m0/s1. The summed E-state index contributed by atoms with van der Waals surface area (Å²) in [4.78, 5) is 15.2. The Morgan fingerprint density at radius 1 is 0.968 bits per heavy atom. The average Bonchev–Trinajstić information content (AvgIpc) is 3.27. The number of rotatable bonds is 5. The topological polar surface area (TPSA) is 65.0 Å². The third kappa shape index (κ3) is 3.91. The molecule has 1 aromatic heterocycles. The number of hydrogen-bond acceptors (Lipinski definition) is 4. The molecule has 0 radical (unpaired) electrons. The van der Waals surface area contributed by atoms with Crippen molar-refractivity contribution in [3.05, 3.63) is 71.5 Å². The fraction of sp³-hybridized carbons (Fsp3) is 0.292. The van der Waals surface area contributed by atoms with Gasteiger partial charge in [0.25, 0.3) is 0 Å². The van der Waals surface area contributed by atoms with E-state index < -0.39 is 0 Å². The molecule has 2 aromatic carbocycles. The minimum atomic E-state index is -0.303. The highest BCUT2D eigenvalue weighted by atomic mass is 16.5. The van der Waals surface area contributed by atoms with Gasteiger partial charge in [-0.3, -0.25) is 0 Å². The van der Waals surface area contributed by atoms with Gasteiger partial charge in [-0.15, -0.1) is 0 Å². The summed E-state index contributed by atoms with van der Waals surface area (Å²) in [6.45, 7) is 3.32. The maximum Gasteiger partial charge on any atom is 0.322 e. The fourth-order valence-corrected chi connectivity index (χ4v) is 4.04. The zero-order chi connectivity index (χ0) is 22.0. The molecule has 1 N–H and O–H groups in total. The average molecular weight is 421 g/mol. The number of carbonyl (C=O) groups excluding carboxylic acids is 1. The lowest BCUT2D eigenvalue weighted by atomic mass is 9.99. The first-order valence-corrected chi connectivity index (χ1v) is 10.1. The highest BCUT2D eigenvalue weighted by molar-refractivity contribution is 5.90. The number of ether oxygens (including phenoxy) is 3. The maximum atomic E-state index is 13.3. The van der Waals surface area contributed by atoms with E-state index in [2.05, 4.69) is 9.88 Å². The summed E-state index contributed by atoms with van der Waals surface area (Å²) in [7, 11) is 4.76. The van der Waals surface area contributed by atoms with Gasteiger partial charge in [0, 0.05) is 30.7 Å². The first-order valence-electron chi connectivity index (χ1n) is 10.1. The zero-order valence-electron chi connectivity index (χ0n) is 18.2. The lowest BCUT2D eigenvalue weighted by Crippen LogP contribution is -2.44. The second kappa shape index (κ2) is 8.63. The highest BCUT2D eigenvalue weighted by Crippen LogP contribution is 2.43.